The maximum absolute atomic E-state index is 12.0. The summed E-state index contributed by atoms with van der Waals surface area (Å²) >= 11 is 9.01. The number of halogens is 2. The number of rotatable bonds is 3. The maximum Gasteiger partial charge on any atom is 0.343 e. The van der Waals surface area contributed by atoms with Gasteiger partial charge in [-0.05, 0) is 42.5 Å². The van der Waals surface area contributed by atoms with Crippen LogP contribution in [0.5, 0.6) is 5.75 Å². The fourth-order valence-corrected chi connectivity index (χ4v) is 2.09. The van der Waals surface area contributed by atoms with Crippen LogP contribution in [-0.2, 0) is 4.74 Å². The summed E-state index contributed by atoms with van der Waals surface area (Å²) in [6, 6.07) is 11.0. The second kappa shape index (κ2) is 6.74. The Bertz CT molecular complexity index is 683. The predicted octanol–water partition coefficient (Wildman–Crippen LogP) is 4.11. The van der Waals surface area contributed by atoms with E-state index in [1.165, 1.54) is 19.2 Å². The molecule has 4 nitrogen and oxygen atoms in total. The van der Waals surface area contributed by atoms with Gasteiger partial charge in [-0.1, -0.05) is 27.5 Å². The van der Waals surface area contributed by atoms with E-state index in [2.05, 4.69) is 20.7 Å². The minimum absolute atomic E-state index is 0.130. The molecule has 0 aromatic heterocycles. The Morgan fingerprint density at radius 1 is 1.05 bits per heavy atom. The van der Waals surface area contributed by atoms with Gasteiger partial charge in [0.1, 0.15) is 11.3 Å². The molecule has 0 aliphatic carbocycles. The van der Waals surface area contributed by atoms with Crippen LogP contribution in [0.25, 0.3) is 0 Å². The van der Waals surface area contributed by atoms with E-state index < -0.39 is 11.9 Å². The average Bonchev–Trinajstić information content (AvgIpc) is 2.48. The molecule has 0 saturated carbocycles. The van der Waals surface area contributed by atoms with Crippen molar-refractivity contribution < 1.29 is 19.1 Å². The van der Waals surface area contributed by atoms with Crippen molar-refractivity contribution in [1.29, 1.82) is 0 Å². The van der Waals surface area contributed by atoms with E-state index in [4.69, 9.17) is 16.3 Å². The highest BCUT2D eigenvalue weighted by atomic mass is 79.9. The van der Waals surface area contributed by atoms with Gasteiger partial charge < -0.3 is 9.47 Å². The smallest absolute Gasteiger partial charge is 0.343 e. The average molecular weight is 370 g/mol. The topological polar surface area (TPSA) is 52.6 Å². The van der Waals surface area contributed by atoms with E-state index in [0.29, 0.717) is 15.1 Å². The molecule has 2 aromatic carbocycles. The summed E-state index contributed by atoms with van der Waals surface area (Å²) in [7, 11) is 1.26. The predicted molar refractivity (Wildman–Crippen MR) is 81.9 cm³/mol. The Kier molecular flexibility index (Phi) is 4.98. The molecule has 2 rings (SSSR count). The van der Waals surface area contributed by atoms with Crippen LogP contribution in [0.3, 0.4) is 0 Å². The van der Waals surface area contributed by atoms with Gasteiger partial charge in [-0.3, -0.25) is 0 Å². The van der Waals surface area contributed by atoms with Crippen molar-refractivity contribution >= 4 is 39.5 Å². The number of carbonyl (C=O) groups excluding carboxylic acids is 2. The first-order chi connectivity index (χ1) is 10.0. The first-order valence-electron chi connectivity index (χ1n) is 5.87. The summed E-state index contributed by atoms with van der Waals surface area (Å²) in [4.78, 5) is 23.7. The number of esters is 2. The van der Waals surface area contributed by atoms with Gasteiger partial charge in [0.2, 0.25) is 0 Å². The molecule has 0 N–H and O–H groups in total. The first-order valence-corrected chi connectivity index (χ1v) is 7.04. The van der Waals surface area contributed by atoms with E-state index in [1.54, 1.807) is 30.3 Å². The van der Waals surface area contributed by atoms with Crippen LogP contribution in [0.2, 0.25) is 5.02 Å². The van der Waals surface area contributed by atoms with Crippen molar-refractivity contribution in [2.75, 3.05) is 7.11 Å². The van der Waals surface area contributed by atoms with Crippen LogP contribution in [-0.4, -0.2) is 19.0 Å². The van der Waals surface area contributed by atoms with Crippen molar-refractivity contribution in [1.82, 2.24) is 0 Å². The summed E-state index contributed by atoms with van der Waals surface area (Å²) in [6.45, 7) is 0. The number of methoxy groups -OCH3 is 1. The molecule has 0 heterocycles. The standard InChI is InChI=1S/C15H10BrClO4/c1-20-15(19)12-8-10(16)4-7-13(12)21-14(18)9-2-5-11(17)6-3-9/h2-8H,1H3. The molecule has 0 aliphatic rings. The largest absolute Gasteiger partial charge is 0.465 e. The van der Waals surface area contributed by atoms with Crippen LogP contribution in [0, 0.1) is 0 Å². The molecular weight excluding hydrogens is 360 g/mol. The lowest BCUT2D eigenvalue weighted by Gasteiger charge is -2.09. The molecule has 0 fully saturated rings. The van der Waals surface area contributed by atoms with E-state index in [-0.39, 0.29) is 11.3 Å². The minimum atomic E-state index is -0.588. The Hall–Kier alpha value is -1.85. The van der Waals surface area contributed by atoms with Gasteiger partial charge in [0, 0.05) is 9.50 Å². The Labute approximate surface area is 134 Å². The SMILES string of the molecule is COC(=O)c1cc(Br)ccc1OC(=O)c1ccc(Cl)cc1. The van der Waals surface area contributed by atoms with Crippen molar-refractivity contribution in [3.8, 4) is 5.75 Å². The fraction of sp³-hybridized carbons (Fsp3) is 0.0667. The molecule has 0 unspecified atom stereocenters. The lowest BCUT2D eigenvalue weighted by atomic mass is 10.2. The first kappa shape index (κ1) is 15.5. The molecule has 0 radical (unpaired) electrons. The van der Waals surface area contributed by atoms with Gasteiger partial charge >= 0.3 is 11.9 Å². The molecule has 0 aliphatic heterocycles. The van der Waals surface area contributed by atoms with Gasteiger partial charge in [0.05, 0.1) is 12.7 Å². The van der Waals surface area contributed by atoms with Gasteiger partial charge in [-0.2, -0.15) is 0 Å². The maximum atomic E-state index is 12.0. The molecule has 0 amide bonds. The number of hydrogen-bond acceptors (Lipinski definition) is 4. The number of ether oxygens (including phenoxy) is 2. The highest BCUT2D eigenvalue weighted by molar-refractivity contribution is 9.10. The third-order valence-electron chi connectivity index (χ3n) is 2.63. The third kappa shape index (κ3) is 3.83. The van der Waals surface area contributed by atoms with Gasteiger partial charge in [0.15, 0.2) is 0 Å². The number of carbonyl (C=O) groups is 2. The lowest BCUT2D eigenvalue weighted by molar-refractivity contribution is 0.0593. The zero-order valence-electron chi connectivity index (χ0n) is 10.9. The Balaban J connectivity index is 2.28. The quantitative estimate of drug-likeness (QED) is 0.603. The lowest BCUT2D eigenvalue weighted by Crippen LogP contribution is -2.12. The van der Waals surface area contributed by atoms with Crippen molar-refractivity contribution in [3.05, 3.63) is 63.1 Å². The molecule has 0 spiro atoms. The van der Waals surface area contributed by atoms with Gasteiger partial charge in [-0.15, -0.1) is 0 Å². The van der Waals surface area contributed by atoms with Crippen LogP contribution < -0.4 is 4.74 Å². The van der Waals surface area contributed by atoms with E-state index in [9.17, 15) is 9.59 Å². The van der Waals surface area contributed by atoms with Crippen molar-refractivity contribution in [2.45, 2.75) is 0 Å². The molecule has 0 atom stereocenters. The van der Waals surface area contributed by atoms with Crippen LogP contribution in [0.15, 0.2) is 46.9 Å². The number of benzene rings is 2. The summed E-state index contributed by atoms with van der Waals surface area (Å²) in [6.07, 6.45) is 0. The summed E-state index contributed by atoms with van der Waals surface area (Å²) in [5, 5.41) is 0.519. The van der Waals surface area contributed by atoms with Crippen LogP contribution in [0.1, 0.15) is 20.7 Å². The van der Waals surface area contributed by atoms with E-state index >= 15 is 0 Å². The normalized spacial score (nSPS) is 10.0. The van der Waals surface area contributed by atoms with Crippen LogP contribution >= 0.6 is 27.5 Å². The number of hydrogen-bond donors (Lipinski definition) is 0. The molecule has 2 aromatic rings. The highest BCUT2D eigenvalue weighted by Crippen LogP contribution is 2.25. The molecular formula is C15H10BrClO4. The van der Waals surface area contributed by atoms with Crippen molar-refractivity contribution in [3.63, 3.8) is 0 Å². The molecule has 21 heavy (non-hydrogen) atoms. The summed E-state index contributed by atoms with van der Waals surface area (Å²) in [5.41, 5.74) is 0.493. The van der Waals surface area contributed by atoms with E-state index in [0.717, 1.165) is 0 Å². The zero-order valence-corrected chi connectivity index (χ0v) is 13.3. The van der Waals surface area contributed by atoms with Crippen LogP contribution in [0.4, 0.5) is 0 Å². The molecule has 0 saturated heterocycles. The second-order valence-electron chi connectivity index (χ2n) is 4.03. The summed E-state index contributed by atoms with van der Waals surface area (Å²) < 4.78 is 10.6. The van der Waals surface area contributed by atoms with Gasteiger partial charge in [-0.25, -0.2) is 9.59 Å². The second-order valence-corrected chi connectivity index (χ2v) is 5.38. The fourth-order valence-electron chi connectivity index (χ4n) is 1.61. The monoisotopic (exact) mass is 368 g/mol. The van der Waals surface area contributed by atoms with Crippen molar-refractivity contribution in [2.24, 2.45) is 0 Å². The minimum Gasteiger partial charge on any atom is -0.465 e. The third-order valence-corrected chi connectivity index (χ3v) is 3.37. The van der Waals surface area contributed by atoms with Gasteiger partial charge in [0.25, 0.3) is 0 Å². The molecule has 0 bridgehead atoms. The zero-order chi connectivity index (χ0) is 15.4. The van der Waals surface area contributed by atoms with E-state index in [1.807, 2.05) is 0 Å². The Morgan fingerprint density at radius 3 is 2.33 bits per heavy atom. The highest BCUT2D eigenvalue weighted by Gasteiger charge is 2.17. The molecule has 108 valence electrons. The Morgan fingerprint density at radius 2 is 1.71 bits per heavy atom. The molecule has 6 heteroatoms. The summed E-state index contributed by atoms with van der Waals surface area (Å²) in [5.74, 6) is -1.04.